The molecule has 1 nitrogen and oxygen atoms in total. The van der Waals surface area contributed by atoms with Crippen molar-refractivity contribution in [2.45, 2.75) is 51.5 Å². The van der Waals surface area contributed by atoms with Gasteiger partial charge in [0.25, 0.3) is 0 Å². The maximum absolute atomic E-state index is 3.72. The molecule has 1 heteroatoms. The van der Waals surface area contributed by atoms with E-state index >= 15 is 0 Å². The highest BCUT2D eigenvalue weighted by Gasteiger charge is 2.41. The zero-order chi connectivity index (χ0) is 8.60. The van der Waals surface area contributed by atoms with Gasteiger partial charge in [-0.15, -0.1) is 0 Å². The Bertz CT molecular complexity index is 158. The van der Waals surface area contributed by atoms with Crippen LogP contribution in [0.5, 0.6) is 0 Å². The zero-order valence-electron chi connectivity index (χ0n) is 8.40. The van der Waals surface area contributed by atoms with Crippen LogP contribution in [0.3, 0.4) is 0 Å². The van der Waals surface area contributed by atoms with Crippen LogP contribution in [0, 0.1) is 11.8 Å². The Morgan fingerprint density at radius 3 is 2.58 bits per heavy atom. The summed E-state index contributed by atoms with van der Waals surface area (Å²) in [4.78, 5) is 0. The molecule has 0 aromatic heterocycles. The van der Waals surface area contributed by atoms with E-state index in [4.69, 9.17) is 0 Å². The molecule has 1 aliphatic carbocycles. The van der Waals surface area contributed by atoms with Crippen molar-refractivity contribution in [3.05, 3.63) is 0 Å². The van der Waals surface area contributed by atoms with E-state index in [2.05, 4.69) is 19.2 Å². The summed E-state index contributed by atoms with van der Waals surface area (Å²) in [5, 5.41) is 3.72. The maximum Gasteiger partial charge on any atom is 0.0184 e. The van der Waals surface area contributed by atoms with Crippen LogP contribution >= 0.6 is 0 Å². The molecule has 1 spiro atoms. The Morgan fingerprint density at radius 2 is 2.08 bits per heavy atom. The van der Waals surface area contributed by atoms with Gasteiger partial charge < -0.3 is 5.32 Å². The van der Waals surface area contributed by atoms with E-state index in [0.717, 1.165) is 11.8 Å². The van der Waals surface area contributed by atoms with Crippen LogP contribution in [-0.4, -0.2) is 12.1 Å². The summed E-state index contributed by atoms with van der Waals surface area (Å²) in [7, 11) is 0. The van der Waals surface area contributed by atoms with Gasteiger partial charge >= 0.3 is 0 Å². The van der Waals surface area contributed by atoms with Gasteiger partial charge in [-0.05, 0) is 50.5 Å². The molecule has 0 radical (unpaired) electrons. The number of hydrogen-bond acceptors (Lipinski definition) is 1. The smallest absolute Gasteiger partial charge is 0.0184 e. The van der Waals surface area contributed by atoms with Gasteiger partial charge in [-0.2, -0.15) is 0 Å². The van der Waals surface area contributed by atoms with Gasteiger partial charge in [-0.1, -0.05) is 13.8 Å². The molecule has 2 rings (SSSR count). The Morgan fingerprint density at radius 1 is 1.33 bits per heavy atom. The highest BCUT2D eigenvalue weighted by molar-refractivity contribution is 5.00. The maximum atomic E-state index is 3.72. The van der Waals surface area contributed by atoms with Crippen LogP contribution in [-0.2, 0) is 0 Å². The Hall–Kier alpha value is -0.0400. The van der Waals surface area contributed by atoms with Crippen molar-refractivity contribution >= 4 is 0 Å². The SMILES string of the molecule is CC(C)[C@H]1CCNC2(CCC2)C1. The van der Waals surface area contributed by atoms with Crippen molar-refractivity contribution in [3.63, 3.8) is 0 Å². The molecule has 1 saturated heterocycles. The third kappa shape index (κ3) is 1.39. The van der Waals surface area contributed by atoms with Crippen LogP contribution in [0.25, 0.3) is 0 Å². The van der Waals surface area contributed by atoms with Gasteiger partial charge in [0.15, 0.2) is 0 Å². The summed E-state index contributed by atoms with van der Waals surface area (Å²) >= 11 is 0. The lowest BCUT2D eigenvalue weighted by Crippen LogP contribution is -2.56. The quantitative estimate of drug-likeness (QED) is 0.633. The summed E-state index contributed by atoms with van der Waals surface area (Å²) in [6, 6.07) is 0. The molecule has 0 unspecified atom stereocenters. The fourth-order valence-electron chi connectivity index (χ4n) is 2.75. The molecule has 2 aliphatic rings. The van der Waals surface area contributed by atoms with E-state index in [0.29, 0.717) is 5.54 Å². The second-order valence-corrected chi connectivity index (χ2v) is 5.06. The third-order valence-electron chi connectivity index (χ3n) is 3.92. The Balaban J connectivity index is 1.94. The van der Waals surface area contributed by atoms with Crippen molar-refractivity contribution in [3.8, 4) is 0 Å². The summed E-state index contributed by atoms with van der Waals surface area (Å²) in [5.41, 5.74) is 0.604. The Labute approximate surface area is 75.9 Å². The molecule has 1 N–H and O–H groups in total. The minimum atomic E-state index is 0.604. The molecule has 2 fully saturated rings. The summed E-state index contributed by atoms with van der Waals surface area (Å²) in [6.45, 7) is 6.02. The van der Waals surface area contributed by atoms with E-state index in [1.165, 1.54) is 38.6 Å². The summed E-state index contributed by atoms with van der Waals surface area (Å²) in [5.74, 6) is 1.89. The molecule has 70 valence electrons. The topological polar surface area (TPSA) is 12.0 Å². The molecule has 0 bridgehead atoms. The van der Waals surface area contributed by atoms with Crippen LogP contribution in [0.2, 0.25) is 0 Å². The van der Waals surface area contributed by atoms with E-state index in [1.807, 2.05) is 0 Å². The second-order valence-electron chi connectivity index (χ2n) is 5.06. The van der Waals surface area contributed by atoms with E-state index in [-0.39, 0.29) is 0 Å². The minimum absolute atomic E-state index is 0.604. The van der Waals surface area contributed by atoms with Crippen molar-refractivity contribution in [1.29, 1.82) is 0 Å². The van der Waals surface area contributed by atoms with Crippen molar-refractivity contribution in [1.82, 2.24) is 5.32 Å². The highest BCUT2D eigenvalue weighted by atomic mass is 15.0. The number of rotatable bonds is 1. The fraction of sp³-hybridized carbons (Fsp3) is 1.00. The predicted octanol–water partition coefficient (Wildman–Crippen LogP) is 2.56. The lowest BCUT2D eigenvalue weighted by molar-refractivity contribution is 0.0883. The van der Waals surface area contributed by atoms with Crippen molar-refractivity contribution < 1.29 is 0 Å². The molecule has 1 heterocycles. The van der Waals surface area contributed by atoms with Crippen LogP contribution < -0.4 is 5.32 Å². The lowest BCUT2D eigenvalue weighted by atomic mass is 9.66. The molecule has 12 heavy (non-hydrogen) atoms. The van der Waals surface area contributed by atoms with Gasteiger partial charge in [-0.25, -0.2) is 0 Å². The van der Waals surface area contributed by atoms with Gasteiger partial charge in [0.1, 0.15) is 0 Å². The highest BCUT2D eigenvalue weighted by Crippen LogP contribution is 2.42. The van der Waals surface area contributed by atoms with E-state index < -0.39 is 0 Å². The van der Waals surface area contributed by atoms with E-state index in [1.54, 1.807) is 0 Å². The monoisotopic (exact) mass is 167 g/mol. The largest absolute Gasteiger partial charge is 0.311 e. The zero-order valence-corrected chi connectivity index (χ0v) is 8.40. The van der Waals surface area contributed by atoms with Crippen LogP contribution in [0.4, 0.5) is 0 Å². The molecular formula is C11H21N. The average Bonchev–Trinajstić information content (AvgIpc) is 2.02. The normalized spacial score (nSPS) is 33.8. The van der Waals surface area contributed by atoms with E-state index in [9.17, 15) is 0 Å². The van der Waals surface area contributed by atoms with Crippen molar-refractivity contribution in [2.24, 2.45) is 11.8 Å². The van der Waals surface area contributed by atoms with Gasteiger partial charge in [0, 0.05) is 5.54 Å². The predicted molar refractivity (Wildman–Crippen MR) is 52.1 cm³/mol. The first-order valence-electron chi connectivity index (χ1n) is 5.47. The Kier molecular flexibility index (Phi) is 2.16. The molecule has 0 amide bonds. The number of piperidine rings is 1. The molecule has 1 saturated carbocycles. The standard InChI is InChI=1S/C11H21N/c1-9(2)10-4-7-12-11(8-10)5-3-6-11/h9-10,12H,3-8H2,1-2H3/t10-/m0/s1. The van der Waals surface area contributed by atoms with Crippen LogP contribution in [0.1, 0.15) is 46.0 Å². The number of hydrogen-bond donors (Lipinski definition) is 1. The second kappa shape index (κ2) is 3.02. The first-order chi connectivity index (χ1) is 5.72. The van der Waals surface area contributed by atoms with Crippen LogP contribution in [0.15, 0.2) is 0 Å². The number of nitrogens with one attached hydrogen (secondary N) is 1. The molecule has 0 aromatic rings. The summed E-state index contributed by atoms with van der Waals surface area (Å²) in [6.07, 6.45) is 7.19. The van der Waals surface area contributed by atoms with Crippen molar-refractivity contribution in [2.75, 3.05) is 6.54 Å². The van der Waals surface area contributed by atoms with Gasteiger partial charge in [-0.3, -0.25) is 0 Å². The minimum Gasteiger partial charge on any atom is -0.311 e. The molecule has 1 aliphatic heterocycles. The molecule has 1 atom stereocenters. The summed E-state index contributed by atoms with van der Waals surface area (Å²) < 4.78 is 0. The fourth-order valence-corrected chi connectivity index (χ4v) is 2.75. The molecular weight excluding hydrogens is 146 g/mol. The van der Waals surface area contributed by atoms with Gasteiger partial charge in [0.2, 0.25) is 0 Å². The van der Waals surface area contributed by atoms with Gasteiger partial charge in [0.05, 0.1) is 0 Å². The first-order valence-corrected chi connectivity index (χ1v) is 5.47. The molecule has 0 aromatic carbocycles. The third-order valence-corrected chi connectivity index (χ3v) is 3.92. The first kappa shape index (κ1) is 8.55. The lowest BCUT2D eigenvalue weighted by Gasteiger charge is -2.49. The average molecular weight is 167 g/mol.